The first-order chi connectivity index (χ1) is 19.8. The van der Waals surface area contributed by atoms with Crippen molar-refractivity contribution in [3.05, 3.63) is 100 Å². The third-order valence-electron chi connectivity index (χ3n) is 7.29. The lowest BCUT2D eigenvalue weighted by Crippen LogP contribution is -2.47. The Morgan fingerprint density at radius 1 is 1.07 bits per heavy atom. The maximum Gasteiger partial charge on any atom is 0.243 e. The van der Waals surface area contributed by atoms with E-state index in [1.165, 1.54) is 40.3 Å². The van der Waals surface area contributed by atoms with E-state index in [9.17, 15) is 13.2 Å². The predicted octanol–water partition coefficient (Wildman–Crippen LogP) is 5.87. The Morgan fingerprint density at radius 3 is 2.46 bits per heavy atom. The molecule has 8 nitrogen and oxygen atoms in total. The normalized spacial score (nSPS) is 15.2. The molecule has 0 radical (unpaired) electrons. The van der Waals surface area contributed by atoms with Gasteiger partial charge in [-0.15, -0.1) is 11.3 Å². The van der Waals surface area contributed by atoms with Crippen molar-refractivity contribution in [2.24, 2.45) is 0 Å². The van der Waals surface area contributed by atoms with E-state index in [-0.39, 0.29) is 36.5 Å². The number of amides is 1. The minimum Gasteiger partial charge on any atom is -0.497 e. The molecule has 0 bridgehead atoms. The first-order valence-corrected chi connectivity index (χ1v) is 15.8. The monoisotopic (exact) mass is 594 g/mol. The molecule has 41 heavy (non-hydrogen) atoms. The summed E-state index contributed by atoms with van der Waals surface area (Å²) in [6.07, 6.45) is 2.20. The van der Waals surface area contributed by atoms with Crippen LogP contribution in [0.1, 0.15) is 47.6 Å². The lowest BCUT2D eigenvalue weighted by atomic mass is 10.0. The van der Waals surface area contributed by atoms with Crippen LogP contribution in [-0.2, 0) is 27.8 Å². The molecular weight excluding hydrogens is 560 g/mol. The average molecular weight is 595 g/mol. The molecule has 2 aromatic heterocycles. The molecule has 3 heterocycles. The topological polar surface area (TPSA) is 89.3 Å². The minimum atomic E-state index is -4.03. The van der Waals surface area contributed by atoms with Gasteiger partial charge >= 0.3 is 0 Å². The highest BCUT2D eigenvalue weighted by Crippen LogP contribution is 2.34. The fourth-order valence-corrected chi connectivity index (χ4v) is 7.22. The third kappa shape index (κ3) is 6.50. The molecule has 1 amide bonds. The van der Waals surface area contributed by atoms with E-state index in [2.05, 4.69) is 26.0 Å². The molecular formula is C31H34N2O6S2. The van der Waals surface area contributed by atoms with Crippen LogP contribution in [0.5, 0.6) is 11.5 Å². The summed E-state index contributed by atoms with van der Waals surface area (Å²) in [5, 5.41) is 2.03. The highest BCUT2D eigenvalue weighted by molar-refractivity contribution is 7.89. The van der Waals surface area contributed by atoms with Gasteiger partial charge in [-0.2, -0.15) is 4.31 Å². The largest absolute Gasteiger partial charge is 0.497 e. The fourth-order valence-electron chi connectivity index (χ4n) is 4.94. The standard InChI is InChI=1S/C31H34N2O6S2/c1-22(2)23-6-8-25(9-7-23)39-21-29-28-15-18-40-30(28)14-16-33(29)31(34)20-32(19-26-5-4-17-38-26)41(35,36)27-12-10-24(37-3)11-13-27/h4-13,15,17-18,22,29H,14,16,19-21H2,1-3H3/t29-/m1/s1. The summed E-state index contributed by atoms with van der Waals surface area (Å²) in [6.45, 7) is 4.61. The molecule has 0 aliphatic carbocycles. The van der Waals surface area contributed by atoms with Gasteiger partial charge in [0, 0.05) is 11.4 Å². The summed E-state index contributed by atoms with van der Waals surface area (Å²) in [4.78, 5) is 16.9. The zero-order valence-electron chi connectivity index (χ0n) is 23.4. The highest BCUT2D eigenvalue weighted by Gasteiger charge is 2.35. The van der Waals surface area contributed by atoms with Gasteiger partial charge in [-0.1, -0.05) is 26.0 Å². The van der Waals surface area contributed by atoms with Crippen LogP contribution >= 0.6 is 11.3 Å². The Bertz CT molecular complexity index is 1540. The number of carbonyl (C=O) groups excluding carboxylic acids is 1. The van der Waals surface area contributed by atoms with Gasteiger partial charge in [0.15, 0.2) is 0 Å². The number of ether oxygens (including phenoxy) is 2. The molecule has 1 aliphatic rings. The van der Waals surface area contributed by atoms with E-state index >= 15 is 0 Å². The van der Waals surface area contributed by atoms with Gasteiger partial charge in [0.1, 0.15) is 23.9 Å². The second-order valence-corrected chi connectivity index (χ2v) is 13.2. The Kier molecular flexibility index (Phi) is 8.82. The summed E-state index contributed by atoms with van der Waals surface area (Å²) < 4.78 is 45.5. The van der Waals surface area contributed by atoms with Gasteiger partial charge in [0.2, 0.25) is 15.9 Å². The average Bonchev–Trinajstić information content (AvgIpc) is 3.68. The SMILES string of the molecule is COc1ccc(S(=O)(=O)N(CC(=O)N2CCc3sccc3[C@H]2COc2ccc(C(C)C)cc2)Cc2ccco2)cc1. The van der Waals surface area contributed by atoms with E-state index in [0.29, 0.717) is 30.4 Å². The van der Waals surface area contributed by atoms with Crippen molar-refractivity contribution in [2.75, 3.05) is 26.8 Å². The van der Waals surface area contributed by atoms with Crippen LogP contribution in [0.4, 0.5) is 0 Å². The summed E-state index contributed by atoms with van der Waals surface area (Å²) in [5.74, 6) is 1.83. The maximum absolute atomic E-state index is 13.9. The molecule has 5 rings (SSSR count). The molecule has 2 aromatic carbocycles. The number of fused-ring (bicyclic) bond motifs is 1. The maximum atomic E-state index is 13.9. The van der Waals surface area contributed by atoms with Crippen molar-refractivity contribution in [3.8, 4) is 11.5 Å². The Balaban J connectivity index is 1.38. The zero-order chi connectivity index (χ0) is 29.0. The summed E-state index contributed by atoms with van der Waals surface area (Å²) in [7, 11) is -2.51. The molecule has 0 saturated heterocycles. The van der Waals surface area contributed by atoms with Crippen LogP contribution in [-0.4, -0.2) is 50.3 Å². The van der Waals surface area contributed by atoms with Crippen LogP contribution in [0.2, 0.25) is 0 Å². The second-order valence-electron chi connectivity index (χ2n) is 10.2. The summed E-state index contributed by atoms with van der Waals surface area (Å²) in [5.41, 5.74) is 2.27. The van der Waals surface area contributed by atoms with E-state index in [0.717, 1.165) is 11.3 Å². The molecule has 4 aromatic rings. The predicted molar refractivity (Wildman–Crippen MR) is 158 cm³/mol. The van der Waals surface area contributed by atoms with Gasteiger partial charge in [-0.3, -0.25) is 4.79 Å². The highest BCUT2D eigenvalue weighted by atomic mass is 32.2. The first kappa shape index (κ1) is 28.9. The molecule has 0 saturated carbocycles. The summed E-state index contributed by atoms with van der Waals surface area (Å²) >= 11 is 1.67. The minimum absolute atomic E-state index is 0.0705. The van der Waals surface area contributed by atoms with Crippen molar-refractivity contribution < 1.29 is 27.1 Å². The number of sulfonamides is 1. The van der Waals surface area contributed by atoms with E-state index in [1.54, 1.807) is 40.5 Å². The van der Waals surface area contributed by atoms with Gasteiger partial charge in [0.05, 0.1) is 37.4 Å². The summed E-state index contributed by atoms with van der Waals surface area (Å²) in [6, 6.07) is 19.2. The fraction of sp³-hybridized carbons (Fsp3) is 0.323. The second kappa shape index (κ2) is 12.5. The van der Waals surface area contributed by atoms with Crippen molar-refractivity contribution >= 4 is 27.3 Å². The molecule has 0 fully saturated rings. The van der Waals surface area contributed by atoms with Crippen LogP contribution in [0.25, 0.3) is 0 Å². The Hall–Kier alpha value is -3.60. The number of carbonyl (C=O) groups is 1. The first-order valence-electron chi connectivity index (χ1n) is 13.5. The quantitative estimate of drug-likeness (QED) is 0.216. The lowest BCUT2D eigenvalue weighted by Gasteiger charge is -2.37. The Labute approximate surface area is 245 Å². The smallest absolute Gasteiger partial charge is 0.243 e. The van der Waals surface area contributed by atoms with Crippen LogP contribution in [0.15, 0.2) is 87.7 Å². The van der Waals surface area contributed by atoms with E-state index < -0.39 is 10.0 Å². The van der Waals surface area contributed by atoms with Gasteiger partial charge in [0.25, 0.3) is 0 Å². The molecule has 216 valence electrons. The van der Waals surface area contributed by atoms with Crippen LogP contribution in [0, 0.1) is 0 Å². The molecule has 0 unspecified atom stereocenters. The molecule has 1 aliphatic heterocycles. The van der Waals surface area contributed by atoms with Crippen molar-refractivity contribution in [1.82, 2.24) is 9.21 Å². The number of nitrogens with zero attached hydrogens (tertiary/aromatic N) is 2. The Morgan fingerprint density at radius 2 is 1.80 bits per heavy atom. The number of benzene rings is 2. The number of thiophene rings is 1. The molecule has 1 atom stereocenters. The lowest BCUT2D eigenvalue weighted by molar-refractivity contribution is -0.135. The van der Waals surface area contributed by atoms with Gasteiger partial charge in [-0.25, -0.2) is 8.42 Å². The van der Waals surface area contributed by atoms with Crippen LogP contribution in [0.3, 0.4) is 0 Å². The molecule has 0 N–H and O–H groups in total. The number of furan rings is 1. The number of rotatable bonds is 11. The van der Waals surface area contributed by atoms with Crippen molar-refractivity contribution in [3.63, 3.8) is 0 Å². The molecule has 0 spiro atoms. The zero-order valence-corrected chi connectivity index (χ0v) is 25.0. The number of methoxy groups -OCH3 is 1. The number of hydrogen-bond donors (Lipinski definition) is 0. The van der Waals surface area contributed by atoms with Crippen molar-refractivity contribution in [2.45, 2.75) is 43.7 Å². The van der Waals surface area contributed by atoms with Crippen LogP contribution < -0.4 is 9.47 Å². The third-order valence-corrected chi connectivity index (χ3v) is 10.1. The number of hydrogen-bond acceptors (Lipinski definition) is 7. The van der Waals surface area contributed by atoms with E-state index in [1.807, 2.05) is 23.6 Å². The van der Waals surface area contributed by atoms with Gasteiger partial charge < -0.3 is 18.8 Å². The van der Waals surface area contributed by atoms with E-state index in [4.69, 9.17) is 13.9 Å². The molecule has 10 heteroatoms. The van der Waals surface area contributed by atoms with Crippen molar-refractivity contribution in [1.29, 1.82) is 0 Å². The van der Waals surface area contributed by atoms with Gasteiger partial charge in [-0.05, 0) is 83.4 Å².